The van der Waals surface area contributed by atoms with Gasteiger partial charge in [-0.05, 0) is 34.7 Å². The van der Waals surface area contributed by atoms with Crippen molar-refractivity contribution in [2.24, 2.45) is 0 Å². The van der Waals surface area contributed by atoms with E-state index in [9.17, 15) is 0 Å². The van der Waals surface area contributed by atoms with E-state index in [-0.39, 0.29) is 0 Å². The zero-order valence-corrected chi connectivity index (χ0v) is 12.7. The van der Waals surface area contributed by atoms with Crippen LogP contribution >= 0.6 is 22.6 Å². The van der Waals surface area contributed by atoms with Crippen LogP contribution in [-0.2, 0) is 0 Å². The number of anilines is 2. The lowest BCUT2D eigenvalue weighted by Gasteiger charge is -2.36. The maximum atomic E-state index is 4.39. The van der Waals surface area contributed by atoms with E-state index in [4.69, 9.17) is 0 Å². The highest BCUT2D eigenvalue weighted by Gasteiger charge is 2.19. The van der Waals surface area contributed by atoms with Crippen LogP contribution in [0, 0.1) is 3.57 Å². The van der Waals surface area contributed by atoms with Crippen LogP contribution in [0.15, 0.2) is 42.9 Å². The van der Waals surface area contributed by atoms with Gasteiger partial charge < -0.3 is 9.80 Å². The van der Waals surface area contributed by atoms with E-state index in [0.29, 0.717) is 0 Å². The molecule has 98 valence electrons. The quantitative estimate of drug-likeness (QED) is 0.765. The van der Waals surface area contributed by atoms with Crippen LogP contribution in [0.3, 0.4) is 0 Å². The Morgan fingerprint density at radius 2 is 1.63 bits per heavy atom. The van der Waals surface area contributed by atoms with Gasteiger partial charge in [0.05, 0.1) is 3.57 Å². The Labute approximate surface area is 126 Å². The monoisotopic (exact) mass is 366 g/mol. The van der Waals surface area contributed by atoms with Gasteiger partial charge in [-0.3, -0.25) is 0 Å². The van der Waals surface area contributed by atoms with Crippen molar-refractivity contribution in [3.63, 3.8) is 0 Å². The van der Waals surface area contributed by atoms with Crippen molar-refractivity contribution < 1.29 is 0 Å². The highest BCUT2D eigenvalue weighted by Crippen LogP contribution is 2.21. The fraction of sp³-hybridized carbons (Fsp3) is 0.286. The molecule has 2 heterocycles. The molecule has 1 fully saturated rings. The van der Waals surface area contributed by atoms with Crippen LogP contribution in [0.2, 0.25) is 0 Å². The van der Waals surface area contributed by atoms with Gasteiger partial charge >= 0.3 is 0 Å². The summed E-state index contributed by atoms with van der Waals surface area (Å²) in [6.45, 7) is 4.07. The smallest absolute Gasteiger partial charge is 0.145 e. The fourth-order valence-corrected chi connectivity index (χ4v) is 3.00. The van der Waals surface area contributed by atoms with Crippen molar-refractivity contribution >= 4 is 34.1 Å². The van der Waals surface area contributed by atoms with Crippen molar-refractivity contribution in [2.75, 3.05) is 36.0 Å². The summed E-state index contributed by atoms with van der Waals surface area (Å²) in [4.78, 5) is 13.2. The van der Waals surface area contributed by atoms with Crippen molar-refractivity contribution in [3.8, 4) is 0 Å². The third-order valence-corrected chi connectivity index (χ3v) is 4.11. The van der Waals surface area contributed by atoms with Crippen LogP contribution in [0.25, 0.3) is 0 Å². The Morgan fingerprint density at radius 1 is 0.947 bits per heavy atom. The summed E-state index contributed by atoms with van der Waals surface area (Å²) in [5.74, 6) is 1.06. The van der Waals surface area contributed by atoms with Crippen molar-refractivity contribution in [3.05, 3.63) is 46.4 Å². The minimum atomic E-state index is 1.00. The lowest BCUT2D eigenvalue weighted by atomic mass is 10.2. The largest absolute Gasteiger partial charge is 0.368 e. The first-order valence-corrected chi connectivity index (χ1v) is 7.43. The van der Waals surface area contributed by atoms with Gasteiger partial charge in [-0.15, -0.1) is 0 Å². The lowest BCUT2D eigenvalue weighted by Crippen LogP contribution is -2.47. The summed E-state index contributed by atoms with van der Waals surface area (Å²) in [6.07, 6.45) is 3.49. The minimum Gasteiger partial charge on any atom is -0.368 e. The Morgan fingerprint density at radius 3 is 2.32 bits per heavy atom. The highest BCUT2D eigenvalue weighted by molar-refractivity contribution is 14.1. The molecule has 0 N–H and O–H groups in total. The van der Waals surface area contributed by atoms with Gasteiger partial charge in [0.2, 0.25) is 0 Å². The fourth-order valence-electron chi connectivity index (χ4n) is 2.35. The van der Waals surface area contributed by atoms with E-state index in [1.54, 1.807) is 6.33 Å². The molecule has 0 radical (unpaired) electrons. The molecule has 1 aliphatic heterocycles. The molecule has 19 heavy (non-hydrogen) atoms. The highest BCUT2D eigenvalue weighted by atomic mass is 127. The number of aromatic nitrogens is 2. The number of halogens is 1. The topological polar surface area (TPSA) is 32.3 Å². The minimum absolute atomic E-state index is 1.00. The maximum absolute atomic E-state index is 4.39. The molecule has 2 aromatic rings. The van der Waals surface area contributed by atoms with Crippen molar-refractivity contribution in [1.82, 2.24) is 9.97 Å². The summed E-state index contributed by atoms with van der Waals surface area (Å²) >= 11 is 2.30. The SMILES string of the molecule is Ic1cncnc1N1CCN(c2ccccc2)CC1. The Balaban J connectivity index is 1.69. The molecule has 4 nitrogen and oxygen atoms in total. The second-order valence-electron chi connectivity index (χ2n) is 4.50. The molecule has 0 unspecified atom stereocenters. The van der Waals surface area contributed by atoms with Crippen LogP contribution < -0.4 is 9.80 Å². The number of hydrogen-bond acceptors (Lipinski definition) is 4. The maximum Gasteiger partial charge on any atom is 0.145 e. The molecule has 3 rings (SSSR count). The Kier molecular flexibility index (Phi) is 3.82. The third kappa shape index (κ3) is 2.80. The summed E-state index contributed by atoms with van der Waals surface area (Å²) in [6, 6.07) is 10.6. The number of rotatable bonds is 2. The number of para-hydroxylation sites is 1. The van der Waals surface area contributed by atoms with Crippen LogP contribution in [-0.4, -0.2) is 36.1 Å². The molecule has 0 saturated carbocycles. The average molecular weight is 366 g/mol. The molecule has 0 amide bonds. The zero-order chi connectivity index (χ0) is 13.1. The molecule has 0 aliphatic carbocycles. The number of benzene rings is 1. The number of nitrogens with zero attached hydrogens (tertiary/aromatic N) is 4. The van der Waals surface area contributed by atoms with Gasteiger partial charge in [-0.1, -0.05) is 18.2 Å². The van der Waals surface area contributed by atoms with Gasteiger partial charge in [0, 0.05) is 38.1 Å². The average Bonchev–Trinajstić information content (AvgIpc) is 2.49. The van der Waals surface area contributed by atoms with E-state index in [1.807, 2.05) is 6.20 Å². The molecule has 0 spiro atoms. The predicted octanol–water partition coefficient (Wildman–Crippen LogP) is 2.41. The van der Waals surface area contributed by atoms with E-state index in [1.165, 1.54) is 5.69 Å². The van der Waals surface area contributed by atoms with Crippen molar-refractivity contribution in [1.29, 1.82) is 0 Å². The van der Waals surface area contributed by atoms with E-state index in [2.05, 4.69) is 72.7 Å². The Hall–Kier alpha value is -1.37. The van der Waals surface area contributed by atoms with Crippen LogP contribution in [0.1, 0.15) is 0 Å². The first kappa shape index (κ1) is 12.7. The standard InChI is InChI=1S/C14H15IN4/c15-13-10-16-11-17-14(13)19-8-6-18(7-9-19)12-4-2-1-3-5-12/h1-5,10-11H,6-9H2. The normalized spacial score (nSPS) is 15.6. The second-order valence-corrected chi connectivity index (χ2v) is 5.67. The van der Waals surface area contributed by atoms with E-state index >= 15 is 0 Å². The summed E-state index contributed by atoms with van der Waals surface area (Å²) in [7, 11) is 0. The van der Waals surface area contributed by atoms with Gasteiger partial charge in [0.1, 0.15) is 12.1 Å². The molecule has 1 aromatic carbocycles. The third-order valence-electron chi connectivity index (χ3n) is 3.35. The van der Waals surface area contributed by atoms with Gasteiger partial charge in [-0.2, -0.15) is 0 Å². The molecule has 1 aromatic heterocycles. The van der Waals surface area contributed by atoms with Crippen LogP contribution in [0.4, 0.5) is 11.5 Å². The number of piperazine rings is 1. The van der Waals surface area contributed by atoms with Gasteiger partial charge in [0.25, 0.3) is 0 Å². The summed E-state index contributed by atoms with van der Waals surface area (Å²) in [5.41, 5.74) is 1.31. The number of hydrogen-bond donors (Lipinski definition) is 0. The lowest BCUT2D eigenvalue weighted by molar-refractivity contribution is 0.645. The van der Waals surface area contributed by atoms with E-state index < -0.39 is 0 Å². The molecule has 5 heteroatoms. The first-order chi connectivity index (χ1) is 9.34. The molecule has 1 saturated heterocycles. The molecule has 0 bridgehead atoms. The molecule has 0 atom stereocenters. The van der Waals surface area contributed by atoms with E-state index in [0.717, 1.165) is 35.6 Å². The first-order valence-electron chi connectivity index (χ1n) is 6.35. The molecular formula is C14H15IN4. The Bertz CT molecular complexity index is 538. The van der Waals surface area contributed by atoms with Gasteiger partial charge in [0.15, 0.2) is 0 Å². The molecule has 1 aliphatic rings. The van der Waals surface area contributed by atoms with Gasteiger partial charge in [-0.25, -0.2) is 9.97 Å². The second kappa shape index (κ2) is 5.73. The summed E-state index contributed by atoms with van der Waals surface area (Å²) < 4.78 is 1.12. The van der Waals surface area contributed by atoms with Crippen LogP contribution in [0.5, 0.6) is 0 Å². The zero-order valence-electron chi connectivity index (χ0n) is 10.5. The predicted molar refractivity (Wildman–Crippen MR) is 85.6 cm³/mol. The molecular weight excluding hydrogens is 351 g/mol. The summed E-state index contributed by atoms with van der Waals surface area (Å²) in [5, 5.41) is 0. The van der Waals surface area contributed by atoms with Crippen molar-refractivity contribution in [2.45, 2.75) is 0 Å².